The molecule has 3 rings (SSSR count). The highest BCUT2D eigenvalue weighted by atomic mass is 16.5. The van der Waals surface area contributed by atoms with E-state index in [0.717, 1.165) is 11.3 Å². The molecule has 0 aliphatic carbocycles. The average molecular weight is 330 g/mol. The van der Waals surface area contributed by atoms with E-state index in [1.54, 1.807) is 25.7 Å². The van der Waals surface area contributed by atoms with Crippen molar-refractivity contribution in [1.29, 1.82) is 0 Å². The van der Waals surface area contributed by atoms with Gasteiger partial charge in [-0.2, -0.15) is 5.10 Å². The molecule has 0 bridgehead atoms. The molecule has 0 saturated heterocycles. The molecule has 0 radical (unpaired) electrons. The van der Waals surface area contributed by atoms with Gasteiger partial charge in [0, 0.05) is 38.8 Å². The van der Waals surface area contributed by atoms with Gasteiger partial charge in [-0.15, -0.1) is 0 Å². The largest absolute Gasteiger partial charge is 0.383 e. The van der Waals surface area contributed by atoms with Gasteiger partial charge in [-0.05, 0) is 18.6 Å². The number of ether oxygens (including phenoxy) is 1. The van der Waals surface area contributed by atoms with Crippen LogP contribution >= 0.6 is 0 Å². The van der Waals surface area contributed by atoms with Crippen LogP contribution in [0, 0.1) is 12.8 Å². The molecule has 8 nitrogen and oxygen atoms in total. The number of fused-ring (bicyclic) bond motifs is 1. The molecular formula is C16H22N6O2. The van der Waals surface area contributed by atoms with Crippen molar-refractivity contribution in [3.63, 3.8) is 0 Å². The zero-order chi connectivity index (χ0) is 16.9. The fourth-order valence-electron chi connectivity index (χ4n) is 2.74. The number of carbonyl (C=O) groups excluding carboxylic acids is 1. The number of anilines is 1. The summed E-state index contributed by atoms with van der Waals surface area (Å²) in [5.74, 6) is 0.394. The van der Waals surface area contributed by atoms with E-state index in [-0.39, 0.29) is 11.8 Å². The first-order valence-electron chi connectivity index (χ1n) is 7.98. The van der Waals surface area contributed by atoms with Gasteiger partial charge in [0.25, 0.3) is 0 Å². The van der Waals surface area contributed by atoms with Crippen LogP contribution in [0.2, 0.25) is 0 Å². The standard InChI is InChI=1S/C16H22N6O2/c1-12-7-18-16(19-8-12)21-9-13(15(23)17-5-6-24-2)10-22-14(11-21)3-4-20-22/h3-4,7-8,13H,5-6,9-11H2,1-2H3,(H,17,23). The number of aryl methyl sites for hydroxylation is 1. The lowest BCUT2D eigenvalue weighted by atomic mass is 10.1. The van der Waals surface area contributed by atoms with E-state index in [0.29, 0.717) is 38.7 Å². The average Bonchev–Trinajstić information content (AvgIpc) is 2.93. The molecule has 0 aromatic carbocycles. The van der Waals surface area contributed by atoms with Gasteiger partial charge in [-0.1, -0.05) is 0 Å². The van der Waals surface area contributed by atoms with Crippen LogP contribution in [-0.4, -0.2) is 52.5 Å². The Bertz CT molecular complexity index is 684. The topological polar surface area (TPSA) is 85.2 Å². The first-order valence-corrected chi connectivity index (χ1v) is 7.98. The molecule has 0 fully saturated rings. The molecular weight excluding hydrogens is 308 g/mol. The Labute approximate surface area is 140 Å². The summed E-state index contributed by atoms with van der Waals surface area (Å²) in [6.45, 7) is 4.67. The molecule has 1 atom stereocenters. The maximum atomic E-state index is 12.5. The molecule has 3 heterocycles. The number of hydrogen-bond donors (Lipinski definition) is 1. The lowest BCUT2D eigenvalue weighted by Crippen LogP contribution is -2.40. The molecule has 24 heavy (non-hydrogen) atoms. The van der Waals surface area contributed by atoms with Crippen LogP contribution in [0.3, 0.4) is 0 Å². The highest BCUT2D eigenvalue weighted by Gasteiger charge is 2.28. The second-order valence-electron chi connectivity index (χ2n) is 5.93. The van der Waals surface area contributed by atoms with E-state index in [4.69, 9.17) is 4.74 Å². The van der Waals surface area contributed by atoms with E-state index < -0.39 is 0 Å². The third-order valence-corrected chi connectivity index (χ3v) is 4.02. The molecule has 2 aromatic heterocycles. The molecule has 0 spiro atoms. The maximum absolute atomic E-state index is 12.5. The smallest absolute Gasteiger partial charge is 0.226 e. The Kier molecular flexibility index (Phi) is 5.05. The first kappa shape index (κ1) is 16.4. The summed E-state index contributed by atoms with van der Waals surface area (Å²) in [5, 5.41) is 7.25. The summed E-state index contributed by atoms with van der Waals surface area (Å²) in [7, 11) is 1.62. The van der Waals surface area contributed by atoms with Crippen molar-refractivity contribution in [2.24, 2.45) is 5.92 Å². The highest BCUT2D eigenvalue weighted by Crippen LogP contribution is 2.20. The van der Waals surface area contributed by atoms with Gasteiger partial charge < -0.3 is 15.0 Å². The van der Waals surface area contributed by atoms with Crippen LogP contribution in [-0.2, 0) is 22.6 Å². The number of amides is 1. The molecule has 1 N–H and O–H groups in total. The van der Waals surface area contributed by atoms with Gasteiger partial charge in [0.05, 0.1) is 31.3 Å². The number of aromatic nitrogens is 4. The Morgan fingerprint density at radius 2 is 2.17 bits per heavy atom. The summed E-state index contributed by atoms with van der Waals surface area (Å²) in [6.07, 6.45) is 5.34. The summed E-state index contributed by atoms with van der Waals surface area (Å²) in [6, 6.07) is 1.96. The minimum absolute atomic E-state index is 0.00693. The quantitative estimate of drug-likeness (QED) is 0.798. The van der Waals surface area contributed by atoms with Crippen molar-refractivity contribution in [2.45, 2.75) is 20.0 Å². The Morgan fingerprint density at radius 3 is 2.92 bits per heavy atom. The van der Waals surface area contributed by atoms with Gasteiger partial charge in [-0.3, -0.25) is 9.48 Å². The van der Waals surface area contributed by atoms with Crippen LogP contribution in [0.5, 0.6) is 0 Å². The second-order valence-corrected chi connectivity index (χ2v) is 5.93. The van der Waals surface area contributed by atoms with Crippen molar-refractivity contribution in [3.05, 3.63) is 35.9 Å². The molecule has 0 saturated carbocycles. The Hall–Kier alpha value is -2.48. The van der Waals surface area contributed by atoms with Gasteiger partial charge >= 0.3 is 0 Å². The van der Waals surface area contributed by atoms with Gasteiger partial charge in [0.2, 0.25) is 11.9 Å². The van der Waals surface area contributed by atoms with Gasteiger partial charge in [-0.25, -0.2) is 9.97 Å². The number of nitrogens with zero attached hydrogens (tertiary/aromatic N) is 5. The highest BCUT2D eigenvalue weighted by molar-refractivity contribution is 5.79. The summed E-state index contributed by atoms with van der Waals surface area (Å²) >= 11 is 0. The third-order valence-electron chi connectivity index (χ3n) is 4.02. The van der Waals surface area contributed by atoms with Gasteiger partial charge in [0.1, 0.15) is 0 Å². The van der Waals surface area contributed by atoms with Gasteiger partial charge in [0.15, 0.2) is 0 Å². The lowest BCUT2D eigenvalue weighted by Gasteiger charge is -2.23. The minimum atomic E-state index is -0.229. The first-order chi connectivity index (χ1) is 11.7. The van der Waals surface area contributed by atoms with E-state index in [9.17, 15) is 4.79 Å². The van der Waals surface area contributed by atoms with E-state index in [1.807, 2.05) is 22.6 Å². The van der Waals surface area contributed by atoms with E-state index in [1.165, 1.54) is 0 Å². The Balaban J connectivity index is 1.80. The van der Waals surface area contributed by atoms with E-state index >= 15 is 0 Å². The second kappa shape index (κ2) is 7.39. The minimum Gasteiger partial charge on any atom is -0.383 e. The van der Waals surface area contributed by atoms with Crippen molar-refractivity contribution in [1.82, 2.24) is 25.1 Å². The van der Waals surface area contributed by atoms with Crippen molar-refractivity contribution < 1.29 is 9.53 Å². The lowest BCUT2D eigenvalue weighted by molar-refractivity contribution is -0.125. The van der Waals surface area contributed by atoms with Crippen molar-refractivity contribution >= 4 is 11.9 Å². The number of rotatable bonds is 5. The number of nitrogens with one attached hydrogen (secondary N) is 1. The summed E-state index contributed by atoms with van der Waals surface area (Å²) in [4.78, 5) is 23.3. The summed E-state index contributed by atoms with van der Waals surface area (Å²) < 4.78 is 6.87. The number of hydrogen-bond acceptors (Lipinski definition) is 6. The van der Waals surface area contributed by atoms with Crippen LogP contribution in [0.25, 0.3) is 0 Å². The van der Waals surface area contributed by atoms with Crippen LogP contribution in [0.4, 0.5) is 5.95 Å². The molecule has 128 valence electrons. The molecule has 8 heteroatoms. The fraction of sp³-hybridized carbons (Fsp3) is 0.500. The monoisotopic (exact) mass is 330 g/mol. The van der Waals surface area contributed by atoms with Crippen LogP contribution in [0.15, 0.2) is 24.7 Å². The zero-order valence-electron chi connectivity index (χ0n) is 14.0. The van der Waals surface area contributed by atoms with Crippen LogP contribution < -0.4 is 10.2 Å². The number of methoxy groups -OCH3 is 1. The normalized spacial score (nSPS) is 17.2. The predicted octanol–water partition coefficient (Wildman–Crippen LogP) is 0.381. The zero-order valence-corrected chi connectivity index (χ0v) is 14.0. The van der Waals surface area contributed by atoms with Crippen molar-refractivity contribution in [2.75, 3.05) is 31.7 Å². The number of carbonyl (C=O) groups is 1. The molecule has 2 aromatic rings. The fourth-order valence-corrected chi connectivity index (χ4v) is 2.74. The Morgan fingerprint density at radius 1 is 1.38 bits per heavy atom. The van der Waals surface area contributed by atoms with E-state index in [2.05, 4.69) is 20.4 Å². The third kappa shape index (κ3) is 3.70. The van der Waals surface area contributed by atoms with Crippen LogP contribution in [0.1, 0.15) is 11.3 Å². The molecule has 1 aliphatic heterocycles. The molecule has 1 amide bonds. The molecule has 1 unspecified atom stereocenters. The predicted molar refractivity (Wildman–Crippen MR) is 88.4 cm³/mol. The molecule has 1 aliphatic rings. The van der Waals surface area contributed by atoms with Crippen molar-refractivity contribution in [3.8, 4) is 0 Å². The maximum Gasteiger partial charge on any atom is 0.226 e. The SMILES string of the molecule is COCCNC(=O)C1CN(c2ncc(C)cn2)Cc2ccnn2C1. The summed E-state index contributed by atoms with van der Waals surface area (Å²) in [5.41, 5.74) is 2.05.